The highest BCUT2D eigenvalue weighted by atomic mass is 16.3. The van der Waals surface area contributed by atoms with E-state index in [0.717, 1.165) is 12.8 Å². The van der Waals surface area contributed by atoms with Gasteiger partial charge >= 0.3 is 0 Å². The number of aliphatic hydroxyl groups excluding tert-OH is 2. The van der Waals surface area contributed by atoms with E-state index in [9.17, 15) is 15.3 Å². The number of aliphatic hydroxyl groups is 3. The van der Waals surface area contributed by atoms with Crippen LogP contribution in [0.15, 0.2) is 6.33 Å². The number of anilines is 2. The van der Waals surface area contributed by atoms with Crippen LogP contribution in [0.1, 0.15) is 32.2 Å². The van der Waals surface area contributed by atoms with Crippen LogP contribution >= 0.6 is 0 Å². The number of imidazole rings is 1. The third-order valence-corrected chi connectivity index (χ3v) is 5.17. The second-order valence-corrected chi connectivity index (χ2v) is 7.04. The predicted octanol–water partition coefficient (Wildman–Crippen LogP) is -0.352. The Morgan fingerprint density at radius 2 is 2.17 bits per heavy atom. The molecule has 9 nitrogen and oxygen atoms in total. The molecule has 0 unspecified atom stereocenters. The van der Waals surface area contributed by atoms with Gasteiger partial charge in [-0.05, 0) is 26.2 Å². The molecule has 2 fully saturated rings. The molecule has 6 N–H and O–H groups in total. The molecule has 2 aliphatic carbocycles. The second-order valence-electron chi connectivity index (χ2n) is 7.04. The summed E-state index contributed by atoms with van der Waals surface area (Å²) in [4.78, 5) is 12.9. The number of hydrogen-bond acceptors (Lipinski definition) is 8. The van der Waals surface area contributed by atoms with E-state index in [1.54, 1.807) is 17.8 Å². The first kappa shape index (κ1) is 15.6. The molecule has 0 aromatic carbocycles. The minimum atomic E-state index is -1.40. The smallest absolute Gasteiger partial charge is 0.224 e. The van der Waals surface area contributed by atoms with Crippen LogP contribution in [0.5, 0.6) is 0 Å². The molecule has 24 heavy (non-hydrogen) atoms. The van der Waals surface area contributed by atoms with Crippen molar-refractivity contribution in [3.8, 4) is 0 Å². The van der Waals surface area contributed by atoms with Crippen molar-refractivity contribution < 1.29 is 15.3 Å². The Balaban J connectivity index is 1.78. The van der Waals surface area contributed by atoms with Crippen molar-refractivity contribution in [2.45, 2.75) is 50.0 Å². The Morgan fingerprint density at radius 3 is 2.79 bits per heavy atom. The fraction of sp³-hybridized carbons (Fsp3) is 0.667. The number of fused-ring (bicyclic) bond motifs is 1. The van der Waals surface area contributed by atoms with Gasteiger partial charge in [0.25, 0.3) is 0 Å². The molecule has 0 aliphatic heterocycles. The average molecular weight is 334 g/mol. The molecule has 9 heteroatoms. The third kappa shape index (κ3) is 2.31. The molecule has 0 amide bonds. The molecule has 2 aliphatic rings. The molecule has 0 spiro atoms. The maximum Gasteiger partial charge on any atom is 0.224 e. The van der Waals surface area contributed by atoms with Gasteiger partial charge in [-0.15, -0.1) is 0 Å². The van der Waals surface area contributed by atoms with Crippen LogP contribution in [-0.2, 0) is 0 Å². The van der Waals surface area contributed by atoms with E-state index in [1.807, 2.05) is 0 Å². The molecular formula is C15H22N6O3. The number of nitrogens with one attached hydrogen (secondary N) is 1. The topological polar surface area (TPSA) is 142 Å². The van der Waals surface area contributed by atoms with Gasteiger partial charge in [-0.1, -0.05) is 0 Å². The Bertz CT molecular complexity index is 772. The zero-order valence-electron chi connectivity index (χ0n) is 13.4. The fourth-order valence-electron chi connectivity index (χ4n) is 3.58. The van der Waals surface area contributed by atoms with Gasteiger partial charge < -0.3 is 30.9 Å². The van der Waals surface area contributed by atoms with Crippen molar-refractivity contribution in [1.29, 1.82) is 0 Å². The molecule has 2 heterocycles. The Morgan fingerprint density at radius 1 is 1.42 bits per heavy atom. The van der Waals surface area contributed by atoms with Gasteiger partial charge in [0.2, 0.25) is 5.95 Å². The maximum atomic E-state index is 10.7. The second kappa shape index (κ2) is 5.27. The average Bonchev–Trinajstić information content (AvgIpc) is 3.20. The zero-order valence-corrected chi connectivity index (χ0v) is 13.4. The molecule has 2 aromatic rings. The molecule has 2 saturated carbocycles. The summed E-state index contributed by atoms with van der Waals surface area (Å²) >= 11 is 0. The highest BCUT2D eigenvalue weighted by Gasteiger charge is 2.51. The molecule has 0 bridgehead atoms. The summed E-state index contributed by atoms with van der Waals surface area (Å²) in [5.74, 6) is 0.325. The highest BCUT2D eigenvalue weighted by Crippen LogP contribution is 2.44. The highest BCUT2D eigenvalue weighted by molar-refractivity contribution is 5.84. The van der Waals surface area contributed by atoms with Crippen LogP contribution in [-0.4, -0.2) is 59.2 Å². The van der Waals surface area contributed by atoms with Gasteiger partial charge in [-0.3, -0.25) is 0 Å². The van der Waals surface area contributed by atoms with Gasteiger partial charge in [0, 0.05) is 18.6 Å². The fourth-order valence-corrected chi connectivity index (χ4v) is 3.58. The molecular weight excluding hydrogens is 312 g/mol. The predicted molar refractivity (Wildman–Crippen MR) is 87.2 cm³/mol. The van der Waals surface area contributed by atoms with Crippen molar-refractivity contribution in [2.24, 2.45) is 5.92 Å². The number of hydrogen-bond donors (Lipinski definition) is 5. The van der Waals surface area contributed by atoms with Crippen LogP contribution in [0.3, 0.4) is 0 Å². The zero-order chi connectivity index (χ0) is 17.1. The molecule has 4 atom stereocenters. The lowest BCUT2D eigenvalue weighted by atomic mass is 9.96. The van der Waals surface area contributed by atoms with E-state index in [1.165, 1.54) is 0 Å². The first-order valence-corrected chi connectivity index (χ1v) is 8.19. The summed E-state index contributed by atoms with van der Waals surface area (Å²) in [6.07, 6.45) is 3.17. The summed E-state index contributed by atoms with van der Waals surface area (Å²) in [6, 6.07) is -0.0689. The summed E-state index contributed by atoms with van der Waals surface area (Å²) < 4.78 is 1.73. The minimum absolute atomic E-state index is 0.129. The van der Waals surface area contributed by atoms with Crippen LogP contribution in [0.25, 0.3) is 11.2 Å². The van der Waals surface area contributed by atoms with Crippen molar-refractivity contribution in [2.75, 3.05) is 17.7 Å². The molecule has 130 valence electrons. The summed E-state index contributed by atoms with van der Waals surface area (Å²) in [7, 11) is 0. The number of nitrogens with zero attached hydrogens (tertiary/aromatic N) is 4. The van der Waals surface area contributed by atoms with Crippen LogP contribution in [0.2, 0.25) is 0 Å². The SMILES string of the molecule is C[C@@]1(O)[C@H](O)[C@@H](CO)C[C@H]1n1cnc2c(NC3CC3)nc(N)nc21. The van der Waals surface area contributed by atoms with Crippen LogP contribution in [0, 0.1) is 5.92 Å². The number of nitrogens with two attached hydrogens (primary N) is 1. The normalized spacial score (nSPS) is 33.2. The first-order valence-electron chi connectivity index (χ1n) is 8.19. The lowest BCUT2D eigenvalue weighted by molar-refractivity contribution is -0.0777. The van der Waals surface area contributed by atoms with Gasteiger partial charge in [0.05, 0.1) is 18.5 Å². The summed E-state index contributed by atoms with van der Waals surface area (Å²) in [5.41, 5.74) is 5.55. The number of aromatic nitrogens is 4. The van der Waals surface area contributed by atoms with E-state index in [0.29, 0.717) is 29.4 Å². The lowest BCUT2D eigenvalue weighted by Gasteiger charge is -2.30. The van der Waals surface area contributed by atoms with Crippen LogP contribution < -0.4 is 11.1 Å². The number of nitrogen functional groups attached to an aromatic ring is 1. The minimum Gasteiger partial charge on any atom is -0.396 e. The Hall–Kier alpha value is -1.97. The van der Waals surface area contributed by atoms with E-state index >= 15 is 0 Å². The number of rotatable bonds is 4. The molecule has 0 saturated heterocycles. The summed E-state index contributed by atoms with van der Waals surface area (Å²) in [5, 5.41) is 33.8. The van der Waals surface area contributed by atoms with E-state index in [2.05, 4.69) is 20.3 Å². The van der Waals surface area contributed by atoms with Gasteiger partial charge in [-0.2, -0.15) is 9.97 Å². The van der Waals surface area contributed by atoms with Crippen LogP contribution in [0.4, 0.5) is 11.8 Å². The van der Waals surface area contributed by atoms with E-state index in [-0.39, 0.29) is 12.6 Å². The lowest BCUT2D eigenvalue weighted by Crippen LogP contribution is -2.42. The standard InChI is InChI=1S/C15H22N6O3/c1-15(24)9(4-7(5-22)11(15)23)21-6-17-10-12(18-8-2-3-8)19-14(16)20-13(10)21/h6-9,11,22-24H,2-5H2,1H3,(H3,16,18,19,20)/t7-,9-,11-,15+/m1/s1. The van der Waals surface area contributed by atoms with E-state index < -0.39 is 23.7 Å². The van der Waals surface area contributed by atoms with Gasteiger partial charge in [-0.25, -0.2) is 4.98 Å². The summed E-state index contributed by atoms with van der Waals surface area (Å²) in [6.45, 7) is 1.38. The van der Waals surface area contributed by atoms with Gasteiger partial charge in [0.15, 0.2) is 17.0 Å². The van der Waals surface area contributed by atoms with Crippen molar-refractivity contribution in [3.05, 3.63) is 6.33 Å². The first-order chi connectivity index (χ1) is 11.4. The Labute approximate surface area is 138 Å². The quantitative estimate of drug-likeness (QED) is 0.510. The molecule has 2 aromatic heterocycles. The third-order valence-electron chi connectivity index (χ3n) is 5.17. The molecule has 0 radical (unpaired) electrons. The monoisotopic (exact) mass is 334 g/mol. The Kier molecular flexibility index (Phi) is 3.41. The van der Waals surface area contributed by atoms with Crippen molar-refractivity contribution >= 4 is 22.9 Å². The maximum absolute atomic E-state index is 10.7. The largest absolute Gasteiger partial charge is 0.396 e. The molecule has 4 rings (SSSR count). The van der Waals surface area contributed by atoms with Crippen molar-refractivity contribution in [1.82, 2.24) is 19.5 Å². The van der Waals surface area contributed by atoms with E-state index in [4.69, 9.17) is 5.73 Å². The van der Waals surface area contributed by atoms with Gasteiger partial charge in [0.1, 0.15) is 5.60 Å². The van der Waals surface area contributed by atoms with Crippen molar-refractivity contribution in [3.63, 3.8) is 0 Å².